The van der Waals surface area contributed by atoms with E-state index in [1.54, 1.807) is 0 Å². The number of aromatic nitrogens is 1. The molecule has 2 rings (SSSR count). The third-order valence-corrected chi connectivity index (χ3v) is 4.11. The third kappa shape index (κ3) is 3.02. The highest BCUT2D eigenvalue weighted by Crippen LogP contribution is 2.34. The van der Waals surface area contributed by atoms with Crippen LogP contribution in [0.1, 0.15) is 37.8 Å². The van der Waals surface area contributed by atoms with Crippen LogP contribution in [0.3, 0.4) is 0 Å². The summed E-state index contributed by atoms with van der Waals surface area (Å²) in [6, 6.07) is 4.01. The number of pyridine rings is 1. The fraction of sp³-hybridized carbons (Fsp3) is 0.438. The predicted molar refractivity (Wildman–Crippen MR) is 89.3 cm³/mol. The van der Waals surface area contributed by atoms with E-state index in [2.05, 4.69) is 25.2 Å². The van der Waals surface area contributed by atoms with E-state index in [1.807, 2.05) is 13.0 Å². The van der Waals surface area contributed by atoms with E-state index in [4.69, 9.17) is 28.2 Å². The Bertz CT molecular complexity index is 624. The number of fused-ring (bicyclic) bond motifs is 1. The van der Waals surface area contributed by atoms with Crippen LogP contribution in [-0.4, -0.2) is 11.5 Å². The van der Waals surface area contributed by atoms with Crippen LogP contribution in [0.5, 0.6) is 0 Å². The minimum Gasteiger partial charge on any atom is -0.370 e. The second kappa shape index (κ2) is 6.64. The smallest absolute Gasteiger partial charge is 0.129 e. The van der Waals surface area contributed by atoms with Gasteiger partial charge in [0.15, 0.2) is 0 Å². The minimum absolute atomic E-state index is 0.657. The van der Waals surface area contributed by atoms with Gasteiger partial charge in [0.25, 0.3) is 0 Å². The Kier molecular flexibility index (Phi) is 5.11. The zero-order chi connectivity index (χ0) is 14.7. The van der Waals surface area contributed by atoms with E-state index >= 15 is 0 Å². The average molecular weight is 311 g/mol. The first-order chi connectivity index (χ1) is 9.58. The lowest BCUT2D eigenvalue weighted by Gasteiger charge is -2.14. The normalized spacial score (nSPS) is 11.1. The first-order valence-electron chi connectivity index (χ1n) is 7.10. The summed E-state index contributed by atoms with van der Waals surface area (Å²) < 4.78 is 0. The first-order valence-corrected chi connectivity index (χ1v) is 7.86. The maximum absolute atomic E-state index is 6.41. The molecular formula is C16H20Cl2N2. The summed E-state index contributed by atoms with van der Waals surface area (Å²) in [5.41, 5.74) is 2.97. The molecule has 1 aromatic heterocycles. The van der Waals surface area contributed by atoms with Crippen LogP contribution < -0.4 is 5.32 Å². The molecule has 0 aliphatic heterocycles. The summed E-state index contributed by atoms with van der Waals surface area (Å²) in [5, 5.41) is 5.74. The van der Waals surface area contributed by atoms with Gasteiger partial charge in [-0.2, -0.15) is 0 Å². The van der Waals surface area contributed by atoms with Crippen molar-refractivity contribution in [2.75, 3.05) is 11.9 Å². The van der Waals surface area contributed by atoms with Gasteiger partial charge in [-0.25, -0.2) is 4.98 Å². The average Bonchev–Trinajstić information content (AvgIpc) is 2.43. The molecule has 0 radical (unpaired) electrons. The van der Waals surface area contributed by atoms with E-state index in [-0.39, 0.29) is 0 Å². The summed E-state index contributed by atoms with van der Waals surface area (Å²) in [6.45, 7) is 7.18. The molecule has 1 aromatic carbocycles. The van der Waals surface area contributed by atoms with Crippen molar-refractivity contribution in [3.63, 3.8) is 0 Å². The second-order valence-corrected chi connectivity index (χ2v) is 5.84. The molecule has 20 heavy (non-hydrogen) atoms. The van der Waals surface area contributed by atoms with Gasteiger partial charge in [0.2, 0.25) is 0 Å². The van der Waals surface area contributed by atoms with Crippen LogP contribution in [0.2, 0.25) is 10.0 Å². The largest absolute Gasteiger partial charge is 0.370 e. The quantitative estimate of drug-likeness (QED) is 0.774. The molecule has 0 spiro atoms. The number of hydrogen-bond donors (Lipinski definition) is 1. The van der Waals surface area contributed by atoms with Crippen molar-refractivity contribution in [3.05, 3.63) is 33.3 Å². The van der Waals surface area contributed by atoms with Crippen molar-refractivity contribution in [2.24, 2.45) is 0 Å². The molecule has 1 heterocycles. The van der Waals surface area contributed by atoms with Gasteiger partial charge in [-0.3, -0.25) is 0 Å². The molecule has 0 bridgehead atoms. The number of benzene rings is 1. The molecule has 2 aromatic rings. The van der Waals surface area contributed by atoms with Gasteiger partial charge < -0.3 is 5.32 Å². The monoisotopic (exact) mass is 310 g/mol. The van der Waals surface area contributed by atoms with Crippen LogP contribution >= 0.6 is 23.2 Å². The van der Waals surface area contributed by atoms with Crippen LogP contribution in [0, 0.1) is 6.92 Å². The SMILES string of the molecule is CCCNc1nc2c(Cl)cc(C)c(Cl)c2cc1CCC. The maximum Gasteiger partial charge on any atom is 0.129 e. The summed E-state index contributed by atoms with van der Waals surface area (Å²) in [7, 11) is 0. The Morgan fingerprint density at radius 1 is 1.15 bits per heavy atom. The first kappa shape index (κ1) is 15.4. The molecule has 0 aliphatic carbocycles. The molecular weight excluding hydrogens is 291 g/mol. The number of rotatable bonds is 5. The van der Waals surface area contributed by atoms with Gasteiger partial charge in [0.1, 0.15) is 5.82 Å². The molecule has 0 aliphatic rings. The second-order valence-electron chi connectivity index (χ2n) is 5.06. The van der Waals surface area contributed by atoms with Crippen molar-refractivity contribution in [1.29, 1.82) is 0 Å². The predicted octanol–water partition coefficient (Wildman–Crippen LogP) is 5.62. The molecule has 1 N–H and O–H groups in total. The fourth-order valence-electron chi connectivity index (χ4n) is 2.29. The van der Waals surface area contributed by atoms with Gasteiger partial charge in [0.05, 0.1) is 15.6 Å². The van der Waals surface area contributed by atoms with Crippen LogP contribution in [0.4, 0.5) is 5.82 Å². The molecule has 108 valence electrons. The van der Waals surface area contributed by atoms with Crippen LogP contribution in [0.25, 0.3) is 10.9 Å². The number of halogens is 2. The highest BCUT2D eigenvalue weighted by atomic mass is 35.5. The third-order valence-electron chi connectivity index (χ3n) is 3.32. The Morgan fingerprint density at radius 2 is 1.90 bits per heavy atom. The molecule has 4 heteroatoms. The van der Waals surface area contributed by atoms with E-state index in [0.717, 1.165) is 53.1 Å². The van der Waals surface area contributed by atoms with Crippen LogP contribution in [-0.2, 0) is 6.42 Å². The van der Waals surface area contributed by atoms with Crippen molar-refractivity contribution in [2.45, 2.75) is 40.0 Å². The summed E-state index contributed by atoms with van der Waals surface area (Å²) in [6.07, 6.45) is 3.12. The van der Waals surface area contributed by atoms with Gasteiger partial charge in [-0.1, -0.05) is 43.5 Å². The number of nitrogens with one attached hydrogen (secondary N) is 1. The fourth-order valence-corrected chi connectivity index (χ4v) is 2.80. The van der Waals surface area contributed by atoms with E-state index < -0.39 is 0 Å². The molecule has 0 unspecified atom stereocenters. The molecule has 0 amide bonds. The molecule has 0 fully saturated rings. The minimum atomic E-state index is 0.657. The van der Waals surface area contributed by atoms with Crippen molar-refractivity contribution < 1.29 is 0 Å². The lowest BCUT2D eigenvalue weighted by atomic mass is 10.1. The summed E-state index contributed by atoms with van der Waals surface area (Å²) in [5.74, 6) is 0.933. The van der Waals surface area contributed by atoms with Crippen LogP contribution in [0.15, 0.2) is 12.1 Å². The van der Waals surface area contributed by atoms with E-state index in [9.17, 15) is 0 Å². The molecule has 0 saturated carbocycles. The van der Waals surface area contributed by atoms with Crippen molar-refractivity contribution in [1.82, 2.24) is 4.98 Å². The zero-order valence-corrected chi connectivity index (χ0v) is 13.7. The Balaban J connectivity index is 2.64. The number of anilines is 1. The standard InChI is InChI=1S/C16H20Cl2N2/c1-4-6-11-9-12-14(18)10(3)8-13(17)15(12)20-16(11)19-7-5-2/h8-9H,4-7H2,1-3H3,(H,19,20). The van der Waals surface area contributed by atoms with E-state index in [0.29, 0.717) is 5.02 Å². The number of aryl methyl sites for hydroxylation is 2. The lowest BCUT2D eigenvalue weighted by molar-refractivity contribution is 0.906. The topological polar surface area (TPSA) is 24.9 Å². The van der Waals surface area contributed by atoms with E-state index in [1.165, 1.54) is 5.56 Å². The Hall–Kier alpha value is -0.990. The van der Waals surface area contributed by atoms with Gasteiger partial charge in [-0.15, -0.1) is 0 Å². The molecule has 0 atom stereocenters. The van der Waals surface area contributed by atoms with Crippen molar-refractivity contribution in [3.8, 4) is 0 Å². The molecule has 0 saturated heterocycles. The zero-order valence-electron chi connectivity index (χ0n) is 12.2. The summed E-state index contributed by atoms with van der Waals surface area (Å²) >= 11 is 12.7. The van der Waals surface area contributed by atoms with Gasteiger partial charge >= 0.3 is 0 Å². The lowest BCUT2D eigenvalue weighted by Crippen LogP contribution is -2.06. The van der Waals surface area contributed by atoms with Gasteiger partial charge in [-0.05, 0) is 43.0 Å². The Morgan fingerprint density at radius 3 is 2.55 bits per heavy atom. The van der Waals surface area contributed by atoms with Crippen molar-refractivity contribution >= 4 is 39.9 Å². The number of hydrogen-bond acceptors (Lipinski definition) is 2. The molecule has 2 nitrogen and oxygen atoms in total. The highest BCUT2D eigenvalue weighted by molar-refractivity contribution is 6.40. The highest BCUT2D eigenvalue weighted by Gasteiger charge is 2.13. The maximum atomic E-state index is 6.41. The van der Waals surface area contributed by atoms with Gasteiger partial charge in [0, 0.05) is 11.9 Å². The number of nitrogens with zero attached hydrogens (tertiary/aromatic N) is 1. The Labute approximate surface area is 130 Å². The summed E-state index contributed by atoms with van der Waals surface area (Å²) in [4.78, 5) is 4.71.